The van der Waals surface area contributed by atoms with Gasteiger partial charge in [-0.3, -0.25) is 4.79 Å². The summed E-state index contributed by atoms with van der Waals surface area (Å²) in [5, 5.41) is 8.20. The SMILES string of the molecule is CCOc1ccccc1C(=O)Nc1cc(-c2ccccc2)nn1-c1ccccc1Cl. The number of halogens is 1. The number of carbonyl (C=O) groups is 1. The van der Waals surface area contributed by atoms with Gasteiger partial charge in [0.2, 0.25) is 0 Å². The minimum Gasteiger partial charge on any atom is -0.493 e. The van der Waals surface area contributed by atoms with Crippen LogP contribution < -0.4 is 10.1 Å². The highest BCUT2D eigenvalue weighted by molar-refractivity contribution is 6.32. The molecule has 1 aromatic heterocycles. The van der Waals surface area contributed by atoms with Crippen molar-refractivity contribution in [2.24, 2.45) is 0 Å². The highest BCUT2D eigenvalue weighted by Gasteiger charge is 2.18. The van der Waals surface area contributed by atoms with Crippen LogP contribution >= 0.6 is 11.6 Å². The maximum Gasteiger partial charge on any atom is 0.260 e. The highest BCUT2D eigenvalue weighted by atomic mass is 35.5. The van der Waals surface area contributed by atoms with E-state index < -0.39 is 0 Å². The van der Waals surface area contributed by atoms with Gasteiger partial charge in [0.15, 0.2) is 0 Å². The Hall–Kier alpha value is -3.57. The van der Waals surface area contributed by atoms with E-state index >= 15 is 0 Å². The summed E-state index contributed by atoms with van der Waals surface area (Å²) >= 11 is 6.41. The Labute approximate surface area is 179 Å². The van der Waals surface area contributed by atoms with Crippen LogP contribution in [0.15, 0.2) is 84.9 Å². The van der Waals surface area contributed by atoms with Crippen molar-refractivity contribution >= 4 is 23.3 Å². The molecule has 5 nitrogen and oxygen atoms in total. The Morgan fingerprint density at radius 2 is 1.70 bits per heavy atom. The Kier molecular flexibility index (Phi) is 5.82. The van der Waals surface area contributed by atoms with E-state index in [1.807, 2.05) is 67.6 Å². The molecule has 0 fully saturated rings. The molecular weight excluding hydrogens is 398 g/mol. The van der Waals surface area contributed by atoms with Crippen molar-refractivity contribution < 1.29 is 9.53 Å². The second kappa shape index (κ2) is 8.84. The van der Waals surface area contributed by atoms with Crippen molar-refractivity contribution in [1.29, 1.82) is 0 Å². The van der Waals surface area contributed by atoms with E-state index in [1.165, 1.54) is 0 Å². The van der Waals surface area contributed by atoms with Crippen LogP contribution in [0.2, 0.25) is 5.02 Å². The minimum absolute atomic E-state index is 0.285. The van der Waals surface area contributed by atoms with E-state index in [1.54, 1.807) is 28.9 Å². The van der Waals surface area contributed by atoms with Crippen molar-refractivity contribution in [3.63, 3.8) is 0 Å². The monoisotopic (exact) mass is 417 g/mol. The third-order valence-corrected chi connectivity index (χ3v) is 4.85. The summed E-state index contributed by atoms with van der Waals surface area (Å²) in [6.45, 7) is 2.35. The first-order valence-electron chi connectivity index (χ1n) is 9.61. The summed E-state index contributed by atoms with van der Waals surface area (Å²) in [5.41, 5.74) is 2.79. The van der Waals surface area contributed by atoms with Gasteiger partial charge in [0.25, 0.3) is 5.91 Å². The van der Waals surface area contributed by atoms with Crippen molar-refractivity contribution in [2.75, 3.05) is 11.9 Å². The van der Waals surface area contributed by atoms with Crippen molar-refractivity contribution in [2.45, 2.75) is 6.92 Å². The third kappa shape index (κ3) is 4.07. The number of hydrogen-bond donors (Lipinski definition) is 1. The molecule has 0 spiro atoms. The molecule has 3 aromatic carbocycles. The fourth-order valence-electron chi connectivity index (χ4n) is 3.15. The lowest BCUT2D eigenvalue weighted by molar-refractivity contribution is 0.102. The van der Waals surface area contributed by atoms with Crippen LogP contribution in [0.3, 0.4) is 0 Å². The first kappa shape index (κ1) is 19.7. The van der Waals surface area contributed by atoms with E-state index in [0.717, 1.165) is 11.3 Å². The average molecular weight is 418 g/mol. The number of benzene rings is 3. The number of nitrogens with one attached hydrogen (secondary N) is 1. The number of aromatic nitrogens is 2. The molecule has 150 valence electrons. The van der Waals surface area contributed by atoms with Gasteiger partial charge < -0.3 is 10.1 Å². The van der Waals surface area contributed by atoms with Gasteiger partial charge in [-0.15, -0.1) is 0 Å². The number of amides is 1. The van der Waals surface area contributed by atoms with Crippen LogP contribution in [-0.4, -0.2) is 22.3 Å². The predicted octanol–water partition coefficient (Wildman–Crippen LogP) is 5.84. The Balaban J connectivity index is 1.76. The van der Waals surface area contributed by atoms with E-state index in [-0.39, 0.29) is 5.91 Å². The van der Waals surface area contributed by atoms with Crippen LogP contribution in [0.5, 0.6) is 5.75 Å². The van der Waals surface area contributed by atoms with E-state index in [4.69, 9.17) is 21.4 Å². The molecule has 0 unspecified atom stereocenters. The molecule has 4 aromatic rings. The molecule has 0 radical (unpaired) electrons. The van der Waals surface area contributed by atoms with E-state index in [2.05, 4.69) is 5.32 Å². The molecule has 0 bridgehead atoms. The summed E-state index contributed by atoms with van der Waals surface area (Å²) in [4.78, 5) is 13.1. The van der Waals surface area contributed by atoms with Crippen LogP contribution in [0.25, 0.3) is 16.9 Å². The lowest BCUT2D eigenvalue weighted by atomic mass is 10.1. The first-order chi connectivity index (χ1) is 14.7. The quantitative estimate of drug-likeness (QED) is 0.428. The summed E-state index contributed by atoms with van der Waals surface area (Å²) < 4.78 is 7.24. The Bertz CT molecular complexity index is 1170. The maximum absolute atomic E-state index is 13.1. The predicted molar refractivity (Wildman–Crippen MR) is 120 cm³/mol. The van der Waals surface area contributed by atoms with Crippen LogP contribution in [0, 0.1) is 0 Å². The fourth-order valence-corrected chi connectivity index (χ4v) is 3.36. The van der Waals surface area contributed by atoms with Gasteiger partial charge in [0.1, 0.15) is 11.6 Å². The minimum atomic E-state index is -0.285. The number of nitrogens with zero attached hydrogens (tertiary/aromatic N) is 2. The topological polar surface area (TPSA) is 56.1 Å². The lowest BCUT2D eigenvalue weighted by Crippen LogP contribution is -2.16. The van der Waals surface area contributed by atoms with Gasteiger partial charge >= 0.3 is 0 Å². The molecule has 1 heterocycles. The summed E-state index contributed by atoms with van der Waals surface area (Å²) in [5.74, 6) is 0.759. The molecule has 0 aliphatic carbocycles. The summed E-state index contributed by atoms with van der Waals surface area (Å²) in [6, 6.07) is 26.1. The van der Waals surface area contributed by atoms with Crippen LogP contribution in [0.4, 0.5) is 5.82 Å². The summed E-state index contributed by atoms with van der Waals surface area (Å²) in [7, 11) is 0. The standard InChI is InChI=1S/C24H20ClN3O2/c1-2-30-22-15-9-6-12-18(22)24(29)26-23-16-20(17-10-4-3-5-11-17)27-28(23)21-14-8-7-13-19(21)25/h3-16H,2H2,1H3,(H,26,29). The highest BCUT2D eigenvalue weighted by Crippen LogP contribution is 2.29. The van der Waals surface area contributed by atoms with Gasteiger partial charge in [-0.1, -0.05) is 66.2 Å². The molecule has 4 rings (SSSR count). The van der Waals surface area contributed by atoms with Crippen LogP contribution in [-0.2, 0) is 0 Å². The van der Waals surface area contributed by atoms with Gasteiger partial charge in [-0.05, 0) is 31.2 Å². The normalized spacial score (nSPS) is 10.6. The first-order valence-corrected chi connectivity index (χ1v) is 9.98. The molecule has 0 saturated heterocycles. The number of ether oxygens (including phenoxy) is 1. The van der Waals surface area contributed by atoms with Gasteiger partial charge in [0.05, 0.1) is 28.6 Å². The Morgan fingerprint density at radius 1 is 1.00 bits per heavy atom. The zero-order chi connectivity index (χ0) is 20.9. The number of anilines is 1. The molecule has 1 amide bonds. The van der Waals surface area contributed by atoms with Gasteiger partial charge in [-0.25, -0.2) is 4.68 Å². The molecule has 0 aliphatic heterocycles. The molecule has 30 heavy (non-hydrogen) atoms. The van der Waals surface area contributed by atoms with E-state index in [9.17, 15) is 4.79 Å². The number of hydrogen-bond acceptors (Lipinski definition) is 3. The average Bonchev–Trinajstić information content (AvgIpc) is 3.19. The van der Waals surface area contributed by atoms with Crippen molar-refractivity contribution in [3.8, 4) is 22.7 Å². The fraction of sp³-hybridized carbons (Fsp3) is 0.0833. The van der Waals surface area contributed by atoms with Gasteiger partial charge in [0, 0.05) is 11.6 Å². The largest absolute Gasteiger partial charge is 0.493 e. The third-order valence-electron chi connectivity index (χ3n) is 4.53. The molecule has 0 atom stereocenters. The zero-order valence-corrected chi connectivity index (χ0v) is 17.1. The number of carbonyl (C=O) groups excluding carboxylic acids is 1. The molecule has 6 heteroatoms. The molecular formula is C24H20ClN3O2. The Morgan fingerprint density at radius 3 is 2.47 bits per heavy atom. The van der Waals surface area contributed by atoms with Crippen LogP contribution in [0.1, 0.15) is 17.3 Å². The van der Waals surface area contributed by atoms with E-state index in [0.29, 0.717) is 34.4 Å². The van der Waals surface area contributed by atoms with Crippen molar-refractivity contribution in [1.82, 2.24) is 9.78 Å². The second-order valence-electron chi connectivity index (χ2n) is 6.53. The molecule has 1 N–H and O–H groups in total. The van der Waals surface area contributed by atoms with Gasteiger partial charge in [-0.2, -0.15) is 5.10 Å². The number of rotatable bonds is 6. The molecule has 0 saturated carbocycles. The zero-order valence-electron chi connectivity index (χ0n) is 16.4. The summed E-state index contributed by atoms with van der Waals surface area (Å²) in [6.07, 6.45) is 0. The smallest absolute Gasteiger partial charge is 0.260 e. The number of para-hydroxylation sites is 2. The maximum atomic E-state index is 13.1. The second-order valence-corrected chi connectivity index (χ2v) is 6.93. The lowest BCUT2D eigenvalue weighted by Gasteiger charge is -2.12. The molecule has 0 aliphatic rings. The van der Waals surface area contributed by atoms with Crippen molar-refractivity contribution in [3.05, 3.63) is 95.5 Å².